The number of rotatable bonds is 5. The van der Waals surface area contributed by atoms with E-state index < -0.39 is 0 Å². The van der Waals surface area contributed by atoms with Crippen molar-refractivity contribution in [2.45, 2.75) is 24.3 Å². The van der Waals surface area contributed by atoms with Gasteiger partial charge in [0.25, 0.3) is 0 Å². The number of nitrogens with zero attached hydrogens (tertiary/aromatic N) is 2. The molecule has 1 aromatic heterocycles. The Morgan fingerprint density at radius 1 is 0.968 bits per heavy atom. The number of halogens is 1. The fraction of sp³-hybridized carbons (Fsp3) is 0.192. The number of carbonyl (C=O) groups is 1. The molecule has 3 nitrogen and oxygen atoms in total. The van der Waals surface area contributed by atoms with E-state index in [4.69, 9.17) is 0 Å². The summed E-state index contributed by atoms with van der Waals surface area (Å²) < 4.78 is 15.4. The van der Waals surface area contributed by atoms with Gasteiger partial charge in [0.1, 0.15) is 5.82 Å². The van der Waals surface area contributed by atoms with E-state index in [1.807, 2.05) is 47.4 Å². The zero-order valence-corrected chi connectivity index (χ0v) is 17.9. The largest absolute Gasteiger partial charge is 0.342 e. The van der Waals surface area contributed by atoms with Crippen LogP contribution < -0.4 is 4.90 Å². The Balaban J connectivity index is 1.36. The SMILES string of the molecule is O=C(CSc1cn(Cc2ccc(F)cc2)c2ccccc12)N1CCCc2ccccc21. The van der Waals surface area contributed by atoms with E-state index in [0.29, 0.717) is 12.3 Å². The molecule has 0 aliphatic carbocycles. The normalized spacial score (nSPS) is 13.4. The fourth-order valence-corrected chi connectivity index (χ4v) is 5.22. The molecule has 4 aromatic rings. The number of thioether (sulfide) groups is 1. The molecular formula is C26H23FN2OS. The molecule has 5 heteroatoms. The third kappa shape index (κ3) is 4.10. The molecule has 1 amide bonds. The summed E-state index contributed by atoms with van der Waals surface area (Å²) in [6.45, 7) is 1.44. The monoisotopic (exact) mass is 430 g/mol. The maximum atomic E-state index is 13.3. The lowest BCUT2D eigenvalue weighted by atomic mass is 10.0. The first-order valence-electron chi connectivity index (χ1n) is 10.5. The summed E-state index contributed by atoms with van der Waals surface area (Å²) in [5.74, 6) is 0.321. The number of carbonyl (C=O) groups excluding carboxylic acids is 1. The summed E-state index contributed by atoms with van der Waals surface area (Å²) in [6.07, 6.45) is 4.14. The van der Waals surface area contributed by atoms with Gasteiger partial charge in [-0.25, -0.2) is 4.39 Å². The van der Waals surface area contributed by atoms with Crippen molar-refractivity contribution in [3.05, 3.63) is 95.9 Å². The first-order valence-corrected chi connectivity index (χ1v) is 11.5. The Labute approximate surface area is 185 Å². The molecule has 3 aromatic carbocycles. The van der Waals surface area contributed by atoms with Crippen molar-refractivity contribution >= 4 is 34.3 Å². The van der Waals surface area contributed by atoms with Gasteiger partial charge in [-0.2, -0.15) is 0 Å². The standard InChI is InChI=1S/C26H23FN2OS/c27-21-13-11-19(12-14-21)16-28-17-25(22-8-2-4-10-24(22)28)31-18-26(30)29-15-5-7-20-6-1-3-9-23(20)29/h1-4,6,8-14,17H,5,7,15-16,18H2. The van der Waals surface area contributed by atoms with Gasteiger partial charge in [-0.15, -0.1) is 11.8 Å². The zero-order chi connectivity index (χ0) is 21.2. The maximum Gasteiger partial charge on any atom is 0.237 e. The molecule has 0 unspecified atom stereocenters. The maximum absolute atomic E-state index is 13.3. The Bertz CT molecular complexity index is 1230. The third-order valence-electron chi connectivity index (χ3n) is 5.78. The van der Waals surface area contributed by atoms with Gasteiger partial charge in [0, 0.05) is 40.8 Å². The van der Waals surface area contributed by atoms with E-state index in [9.17, 15) is 9.18 Å². The van der Waals surface area contributed by atoms with Crippen molar-refractivity contribution in [3.8, 4) is 0 Å². The minimum Gasteiger partial charge on any atom is -0.342 e. The molecule has 0 radical (unpaired) electrons. The molecule has 0 spiro atoms. The molecule has 1 aliphatic rings. The highest BCUT2D eigenvalue weighted by Gasteiger charge is 2.22. The van der Waals surface area contributed by atoms with Crippen molar-refractivity contribution in [2.24, 2.45) is 0 Å². The highest BCUT2D eigenvalue weighted by Crippen LogP contribution is 2.32. The molecule has 2 heterocycles. The third-order valence-corrected chi connectivity index (χ3v) is 6.81. The van der Waals surface area contributed by atoms with Gasteiger partial charge >= 0.3 is 0 Å². The quantitative estimate of drug-likeness (QED) is 0.368. The number of aryl methyl sites for hydroxylation is 1. The van der Waals surface area contributed by atoms with E-state index in [-0.39, 0.29) is 11.7 Å². The van der Waals surface area contributed by atoms with Crippen LogP contribution in [0.2, 0.25) is 0 Å². The Morgan fingerprint density at radius 3 is 2.61 bits per heavy atom. The fourth-order valence-electron chi connectivity index (χ4n) is 4.26. The van der Waals surface area contributed by atoms with E-state index in [2.05, 4.69) is 29.0 Å². The lowest BCUT2D eigenvalue weighted by Gasteiger charge is -2.29. The number of anilines is 1. The average molecular weight is 431 g/mol. The Hall–Kier alpha value is -3.05. The average Bonchev–Trinajstić information content (AvgIpc) is 3.16. The number of hydrogen-bond donors (Lipinski definition) is 0. The Morgan fingerprint density at radius 2 is 1.74 bits per heavy atom. The topological polar surface area (TPSA) is 25.2 Å². The molecule has 5 rings (SSSR count). The number of para-hydroxylation sites is 2. The minimum absolute atomic E-state index is 0.146. The van der Waals surface area contributed by atoms with E-state index in [1.165, 1.54) is 17.7 Å². The first-order chi connectivity index (χ1) is 15.2. The second kappa shape index (κ2) is 8.60. The van der Waals surface area contributed by atoms with Gasteiger partial charge in [0.15, 0.2) is 0 Å². The summed E-state index contributed by atoms with van der Waals surface area (Å²) in [7, 11) is 0. The van der Waals surface area contributed by atoms with E-state index in [1.54, 1.807) is 11.8 Å². The smallest absolute Gasteiger partial charge is 0.237 e. The van der Waals surface area contributed by atoms with Crippen LogP contribution in [-0.4, -0.2) is 22.8 Å². The molecule has 31 heavy (non-hydrogen) atoms. The lowest BCUT2D eigenvalue weighted by molar-refractivity contribution is -0.116. The highest BCUT2D eigenvalue weighted by molar-refractivity contribution is 8.00. The van der Waals surface area contributed by atoms with Gasteiger partial charge in [-0.05, 0) is 48.2 Å². The molecule has 0 fully saturated rings. The summed E-state index contributed by atoms with van der Waals surface area (Å²) in [5, 5.41) is 1.14. The minimum atomic E-state index is -0.227. The van der Waals surface area contributed by atoms with Gasteiger partial charge in [0.05, 0.1) is 5.75 Å². The predicted octanol–water partition coefficient (Wildman–Crippen LogP) is 5.90. The molecule has 0 atom stereocenters. The summed E-state index contributed by atoms with van der Waals surface area (Å²) in [6, 6.07) is 23.0. The van der Waals surface area contributed by atoms with Gasteiger partial charge in [-0.1, -0.05) is 48.5 Å². The van der Waals surface area contributed by atoms with Crippen LogP contribution in [0.15, 0.2) is 83.9 Å². The number of hydrogen-bond acceptors (Lipinski definition) is 2. The molecule has 156 valence electrons. The molecule has 0 saturated carbocycles. The number of benzene rings is 3. The number of amides is 1. The van der Waals surface area contributed by atoms with Crippen LogP contribution >= 0.6 is 11.8 Å². The second-order valence-electron chi connectivity index (χ2n) is 7.83. The van der Waals surface area contributed by atoms with Crippen molar-refractivity contribution in [1.82, 2.24) is 4.57 Å². The predicted molar refractivity (Wildman–Crippen MR) is 125 cm³/mol. The van der Waals surface area contributed by atoms with Crippen molar-refractivity contribution in [2.75, 3.05) is 17.2 Å². The van der Waals surface area contributed by atoms with Crippen LogP contribution in [0.25, 0.3) is 10.9 Å². The van der Waals surface area contributed by atoms with E-state index in [0.717, 1.165) is 46.4 Å². The van der Waals surface area contributed by atoms with E-state index >= 15 is 0 Å². The highest BCUT2D eigenvalue weighted by atomic mass is 32.2. The summed E-state index contributed by atoms with van der Waals surface area (Å²) >= 11 is 1.59. The second-order valence-corrected chi connectivity index (χ2v) is 8.85. The summed E-state index contributed by atoms with van der Waals surface area (Å²) in [4.78, 5) is 16.1. The van der Waals surface area contributed by atoms with Gasteiger partial charge < -0.3 is 9.47 Å². The molecule has 0 saturated heterocycles. The van der Waals surface area contributed by atoms with Gasteiger partial charge in [-0.3, -0.25) is 4.79 Å². The number of aromatic nitrogens is 1. The van der Waals surface area contributed by atoms with Gasteiger partial charge in [0.2, 0.25) is 5.91 Å². The molecule has 0 N–H and O–H groups in total. The zero-order valence-electron chi connectivity index (χ0n) is 17.1. The first kappa shape index (κ1) is 19.9. The van der Waals surface area contributed by atoms with Crippen LogP contribution in [0.4, 0.5) is 10.1 Å². The van der Waals surface area contributed by atoms with Crippen LogP contribution in [0, 0.1) is 5.82 Å². The Kier molecular flexibility index (Phi) is 5.51. The lowest BCUT2D eigenvalue weighted by Crippen LogP contribution is -2.36. The molecular weight excluding hydrogens is 407 g/mol. The summed E-state index contributed by atoms with van der Waals surface area (Å²) in [5.41, 5.74) is 4.46. The van der Waals surface area contributed by atoms with Crippen LogP contribution in [-0.2, 0) is 17.8 Å². The molecule has 1 aliphatic heterocycles. The van der Waals surface area contributed by atoms with Crippen molar-refractivity contribution in [3.63, 3.8) is 0 Å². The van der Waals surface area contributed by atoms with Crippen LogP contribution in [0.5, 0.6) is 0 Å². The van der Waals surface area contributed by atoms with Crippen molar-refractivity contribution < 1.29 is 9.18 Å². The molecule has 0 bridgehead atoms. The van der Waals surface area contributed by atoms with Crippen LogP contribution in [0.1, 0.15) is 17.5 Å². The van der Waals surface area contributed by atoms with Crippen LogP contribution in [0.3, 0.4) is 0 Å². The number of fused-ring (bicyclic) bond motifs is 2. The van der Waals surface area contributed by atoms with Crippen molar-refractivity contribution in [1.29, 1.82) is 0 Å².